The van der Waals surface area contributed by atoms with Crippen LogP contribution in [0.4, 0.5) is 0 Å². The van der Waals surface area contributed by atoms with Gasteiger partial charge in [0.25, 0.3) is 11.5 Å². The molecule has 5 rings (SSSR count). The molecule has 0 saturated carbocycles. The molecule has 1 saturated heterocycles. The zero-order valence-electron chi connectivity index (χ0n) is 19.4. The highest BCUT2D eigenvalue weighted by Crippen LogP contribution is 2.19. The summed E-state index contributed by atoms with van der Waals surface area (Å²) in [6.07, 6.45) is 1.82. The minimum atomic E-state index is -0.258. The molecule has 0 radical (unpaired) electrons. The normalized spacial score (nSPS) is 14.2. The number of hydrogen-bond acceptors (Lipinski definition) is 6. The Bertz CT molecular complexity index is 1360. The summed E-state index contributed by atoms with van der Waals surface area (Å²) in [5, 5.41) is 5.44. The van der Waals surface area contributed by atoms with Crippen molar-refractivity contribution in [2.45, 2.75) is 13.1 Å². The molecular formula is C27H27N5O3. The van der Waals surface area contributed by atoms with Gasteiger partial charge in [0.1, 0.15) is 18.1 Å². The van der Waals surface area contributed by atoms with Gasteiger partial charge in [0.15, 0.2) is 0 Å². The highest BCUT2D eigenvalue weighted by Gasteiger charge is 2.24. The second-order valence-corrected chi connectivity index (χ2v) is 8.50. The maximum absolute atomic E-state index is 13.1. The number of benzene rings is 2. The van der Waals surface area contributed by atoms with E-state index in [1.807, 2.05) is 42.6 Å². The molecule has 2 aromatic carbocycles. The fraction of sp³-hybridized carbons (Fsp3) is 0.259. The van der Waals surface area contributed by atoms with Crippen molar-refractivity contribution < 1.29 is 9.53 Å². The number of nitrogens with zero attached hydrogens (tertiary/aromatic N) is 5. The van der Waals surface area contributed by atoms with Crippen LogP contribution in [-0.2, 0) is 13.1 Å². The Hall–Kier alpha value is -4.04. The van der Waals surface area contributed by atoms with Gasteiger partial charge in [0, 0.05) is 50.4 Å². The van der Waals surface area contributed by atoms with Crippen LogP contribution in [0.5, 0.6) is 5.75 Å². The van der Waals surface area contributed by atoms with Crippen LogP contribution in [0, 0.1) is 0 Å². The molecule has 8 heteroatoms. The molecule has 8 nitrogen and oxygen atoms in total. The van der Waals surface area contributed by atoms with E-state index in [0.717, 1.165) is 36.3 Å². The molecule has 1 aliphatic rings. The van der Waals surface area contributed by atoms with E-state index in [1.54, 1.807) is 4.90 Å². The van der Waals surface area contributed by atoms with E-state index in [9.17, 15) is 9.59 Å². The number of ether oxygens (including phenoxy) is 1. The smallest absolute Gasteiger partial charge is 0.274 e. The molecule has 1 fully saturated rings. The van der Waals surface area contributed by atoms with Gasteiger partial charge in [-0.1, -0.05) is 42.5 Å². The highest BCUT2D eigenvalue weighted by atomic mass is 16.5. The lowest BCUT2D eigenvalue weighted by atomic mass is 10.1. The van der Waals surface area contributed by atoms with E-state index in [4.69, 9.17) is 4.74 Å². The maximum Gasteiger partial charge on any atom is 0.274 e. The van der Waals surface area contributed by atoms with Crippen LogP contribution < -0.4 is 10.3 Å². The number of carbonyl (C=O) groups is 1. The van der Waals surface area contributed by atoms with E-state index in [0.29, 0.717) is 13.1 Å². The van der Waals surface area contributed by atoms with E-state index in [2.05, 4.69) is 39.2 Å². The molecular weight excluding hydrogens is 442 g/mol. The molecule has 4 aromatic rings. The molecule has 0 bridgehead atoms. The number of piperazine rings is 1. The molecule has 35 heavy (non-hydrogen) atoms. The largest absolute Gasteiger partial charge is 0.492 e. The van der Waals surface area contributed by atoms with Crippen LogP contribution in [0.2, 0.25) is 0 Å². The number of amides is 1. The van der Waals surface area contributed by atoms with E-state index < -0.39 is 0 Å². The van der Waals surface area contributed by atoms with Crippen molar-refractivity contribution in [3.8, 4) is 5.75 Å². The Kier molecular flexibility index (Phi) is 6.81. The third-order valence-electron chi connectivity index (χ3n) is 6.17. The minimum absolute atomic E-state index is 0.158. The third kappa shape index (κ3) is 5.38. The summed E-state index contributed by atoms with van der Waals surface area (Å²) < 4.78 is 6.96. The first-order valence-electron chi connectivity index (χ1n) is 11.8. The lowest BCUT2D eigenvalue weighted by Gasteiger charge is -2.34. The van der Waals surface area contributed by atoms with Crippen LogP contribution in [0.1, 0.15) is 16.1 Å². The molecule has 1 amide bonds. The zero-order chi connectivity index (χ0) is 24.0. The molecule has 0 spiro atoms. The fourth-order valence-corrected chi connectivity index (χ4v) is 4.30. The van der Waals surface area contributed by atoms with Crippen molar-refractivity contribution >= 4 is 16.8 Å². The van der Waals surface area contributed by atoms with Crippen LogP contribution >= 0.6 is 0 Å². The van der Waals surface area contributed by atoms with E-state index in [-0.39, 0.29) is 30.3 Å². The van der Waals surface area contributed by atoms with Gasteiger partial charge in [0.05, 0.1) is 12.1 Å². The van der Waals surface area contributed by atoms with Gasteiger partial charge in [0.2, 0.25) is 0 Å². The number of para-hydroxylation sites is 2. The summed E-state index contributed by atoms with van der Waals surface area (Å²) in [4.78, 5) is 34.0. The molecule has 3 heterocycles. The SMILES string of the molecule is O=C(c1ccc(=O)n(CCOc2ccccc2)n1)N1CCN(Cc2cccc3cccnc23)CC1. The average Bonchev–Trinajstić information content (AvgIpc) is 2.91. The number of aromatic nitrogens is 3. The predicted molar refractivity (Wildman–Crippen MR) is 133 cm³/mol. The quantitative estimate of drug-likeness (QED) is 0.414. The van der Waals surface area contributed by atoms with Crippen molar-refractivity contribution in [3.63, 3.8) is 0 Å². The lowest BCUT2D eigenvalue weighted by molar-refractivity contribution is 0.0620. The van der Waals surface area contributed by atoms with E-state index >= 15 is 0 Å². The molecule has 0 N–H and O–H groups in total. The number of carbonyl (C=O) groups excluding carboxylic acids is 1. The third-order valence-corrected chi connectivity index (χ3v) is 6.17. The summed E-state index contributed by atoms with van der Waals surface area (Å²) >= 11 is 0. The van der Waals surface area contributed by atoms with Gasteiger partial charge in [-0.15, -0.1) is 0 Å². The van der Waals surface area contributed by atoms with Crippen LogP contribution in [-0.4, -0.2) is 63.3 Å². The van der Waals surface area contributed by atoms with Crippen molar-refractivity contribution in [2.24, 2.45) is 0 Å². The Morgan fingerprint density at radius 3 is 2.51 bits per heavy atom. The Balaban J connectivity index is 1.18. The molecule has 0 atom stereocenters. The maximum atomic E-state index is 13.1. The minimum Gasteiger partial charge on any atom is -0.492 e. The van der Waals surface area contributed by atoms with Crippen molar-refractivity contribution in [1.82, 2.24) is 24.6 Å². The first kappa shape index (κ1) is 22.7. The second kappa shape index (κ2) is 10.5. The zero-order valence-corrected chi connectivity index (χ0v) is 19.4. The van der Waals surface area contributed by atoms with Crippen LogP contribution in [0.3, 0.4) is 0 Å². The average molecular weight is 470 g/mol. The number of rotatable bonds is 7. The monoisotopic (exact) mass is 469 g/mol. The van der Waals surface area contributed by atoms with Gasteiger partial charge < -0.3 is 9.64 Å². The first-order valence-corrected chi connectivity index (χ1v) is 11.8. The second-order valence-electron chi connectivity index (χ2n) is 8.50. The molecule has 2 aromatic heterocycles. The van der Waals surface area contributed by atoms with Gasteiger partial charge in [-0.25, -0.2) is 4.68 Å². The van der Waals surface area contributed by atoms with Gasteiger partial charge in [-0.05, 0) is 29.8 Å². The van der Waals surface area contributed by atoms with Crippen LogP contribution in [0.25, 0.3) is 10.9 Å². The van der Waals surface area contributed by atoms with Gasteiger partial charge in [-0.2, -0.15) is 5.10 Å². The molecule has 1 aliphatic heterocycles. The van der Waals surface area contributed by atoms with Gasteiger partial charge in [-0.3, -0.25) is 19.5 Å². The standard InChI is InChI=1S/C27H27N5O3/c33-25-12-11-24(29-32(25)18-19-35-23-9-2-1-3-10-23)27(34)31-16-14-30(15-17-31)20-22-7-4-6-21-8-5-13-28-26(21)22/h1-13H,14-20H2. The number of fused-ring (bicyclic) bond motifs is 1. The van der Waals surface area contributed by atoms with Crippen molar-refractivity contribution in [2.75, 3.05) is 32.8 Å². The summed E-state index contributed by atoms with van der Waals surface area (Å²) in [6, 6.07) is 22.6. The Morgan fingerprint density at radius 1 is 0.886 bits per heavy atom. The molecule has 0 unspecified atom stereocenters. The van der Waals surface area contributed by atoms with Gasteiger partial charge >= 0.3 is 0 Å². The van der Waals surface area contributed by atoms with Crippen molar-refractivity contribution in [1.29, 1.82) is 0 Å². The Labute approximate surface area is 203 Å². The highest BCUT2D eigenvalue weighted by molar-refractivity contribution is 5.92. The fourth-order valence-electron chi connectivity index (χ4n) is 4.30. The predicted octanol–water partition coefficient (Wildman–Crippen LogP) is 2.83. The number of hydrogen-bond donors (Lipinski definition) is 0. The topological polar surface area (TPSA) is 80.6 Å². The lowest BCUT2D eigenvalue weighted by Crippen LogP contribution is -2.48. The summed E-state index contributed by atoms with van der Waals surface area (Å²) in [7, 11) is 0. The summed E-state index contributed by atoms with van der Waals surface area (Å²) in [6.45, 7) is 4.09. The Morgan fingerprint density at radius 2 is 1.69 bits per heavy atom. The van der Waals surface area contributed by atoms with Crippen LogP contribution in [0.15, 0.2) is 83.8 Å². The summed E-state index contributed by atoms with van der Waals surface area (Å²) in [5.74, 6) is 0.569. The van der Waals surface area contributed by atoms with Crippen molar-refractivity contribution in [3.05, 3.63) is 101 Å². The summed E-state index contributed by atoms with van der Waals surface area (Å²) in [5.41, 5.74) is 2.23. The van der Waals surface area contributed by atoms with E-state index in [1.165, 1.54) is 22.4 Å². The first-order chi connectivity index (χ1) is 17.2. The number of pyridine rings is 1. The molecule has 178 valence electrons. The molecule has 0 aliphatic carbocycles.